The van der Waals surface area contributed by atoms with Crippen molar-refractivity contribution < 1.29 is 20.8 Å². The Morgan fingerprint density at radius 3 is 1.37 bits per heavy atom. The van der Waals surface area contributed by atoms with Crippen LogP contribution in [0.2, 0.25) is 12.1 Å². The van der Waals surface area contributed by atoms with Gasteiger partial charge in [0.05, 0.1) is 0 Å². The zero-order valence-corrected chi connectivity index (χ0v) is 31.0. The summed E-state index contributed by atoms with van der Waals surface area (Å²) in [5.41, 5.74) is 14.2. The first kappa shape index (κ1) is 31.6. The van der Waals surface area contributed by atoms with Gasteiger partial charge in [-0.3, -0.25) is 0 Å². The second-order valence-corrected chi connectivity index (χ2v) is 17.4. The van der Waals surface area contributed by atoms with Gasteiger partial charge in [0.25, 0.3) is 0 Å². The van der Waals surface area contributed by atoms with Gasteiger partial charge in [-0.25, -0.2) is 0 Å². The van der Waals surface area contributed by atoms with Gasteiger partial charge in [-0.15, -0.1) is 0 Å². The van der Waals surface area contributed by atoms with Gasteiger partial charge < -0.3 is 0 Å². The molecule has 0 saturated carbocycles. The van der Waals surface area contributed by atoms with E-state index in [2.05, 4.69) is 147 Å². The molecule has 8 rings (SSSR count). The van der Waals surface area contributed by atoms with Crippen molar-refractivity contribution in [2.45, 2.75) is 37.8 Å². The molecule has 0 bridgehead atoms. The second kappa shape index (κ2) is 14.0. The Morgan fingerprint density at radius 1 is 0.522 bits per heavy atom. The molecule has 6 aromatic rings. The van der Waals surface area contributed by atoms with E-state index in [1.54, 1.807) is 0 Å². The van der Waals surface area contributed by atoms with Crippen molar-refractivity contribution in [3.8, 4) is 22.3 Å². The molecule has 0 fully saturated rings. The zero-order valence-electron chi connectivity index (χ0n) is 26.0. The van der Waals surface area contributed by atoms with Crippen LogP contribution < -0.4 is 0 Å². The fourth-order valence-corrected chi connectivity index (χ4v) is 9.20. The molecular weight excluding hydrogens is 695 g/mol. The topological polar surface area (TPSA) is 0 Å². The molecule has 2 aliphatic rings. The van der Waals surface area contributed by atoms with E-state index in [1.165, 1.54) is 89.3 Å². The van der Waals surface area contributed by atoms with Crippen molar-refractivity contribution >= 4 is 60.2 Å². The van der Waals surface area contributed by atoms with Crippen LogP contribution in [0.5, 0.6) is 0 Å². The van der Waals surface area contributed by atoms with E-state index in [0.717, 1.165) is 9.52 Å². The second-order valence-electron chi connectivity index (χ2n) is 12.4. The predicted molar refractivity (Wildman–Crippen MR) is 199 cm³/mol. The summed E-state index contributed by atoms with van der Waals surface area (Å²) in [7, 11) is 10.8. The first-order valence-corrected chi connectivity index (χ1v) is 23.6. The van der Waals surface area contributed by atoms with Crippen LogP contribution in [-0.4, -0.2) is 9.52 Å². The summed E-state index contributed by atoms with van der Waals surface area (Å²) in [6.45, 7) is 4.68. The Balaban J connectivity index is 0.00000109. The summed E-state index contributed by atoms with van der Waals surface area (Å²) in [6, 6.07) is 47.4. The van der Waals surface area contributed by atoms with Crippen LogP contribution in [0.15, 0.2) is 132 Å². The summed E-state index contributed by atoms with van der Waals surface area (Å²) in [6.07, 6.45) is 4.92. The fourth-order valence-electron chi connectivity index (χ4n) is 7.37. The summed E-state index contributed by atoms with van der Waals surface area (Å²) in [5, 5.41) is 5.20. The van der Waals surface area contributed by atoms with Crippen LogP contribution in [0, 0.1) is 0 Å². The first-order valence-electron chi connectivity index (χ1n) is 15.8. The fraction of sp³-hybridized carbons (Fsp3) is 0.143. The van der Waals surface area contributed by atoms with Gasteiger partial charge in [-0.05, 0) is 92.0 Å². The SMILES string of the molecule is CC1=Cc2c(-c3ccc4ccccc4c3)cccc2C1C[Si]CC1C(C)=Cc2c(-c3ccc4ccccc4c3)cccc21.[Cl][Zr][Cl]. The minimum atomic E-state index is -0.826. The molecule has 2 atom stereocenters. The van der Waals surface area contributed by atoms with Gasteiger partial charge in [0.15, 0.2) is 0 Å². The minimum absolute atomic E-state index is 0.517. The Labute approximate surface area is 293 Å². The summed E-state index contributed by atoms with van der Waals surface area (Å²) in [4.78, 5) is 0. The number of hydrogen-bond donors (Lipinski definition) is 0. The quantitative estimate of drug-likeness (QED) is 0.150. The van der Waals surface area contributed by atoms with E-state index in [1.807, 2.05) is 0 Å². The monoisotopic (exact) mass is 726 g/mol. The number of halogens is 2. The van der Waals surface area contributed by atoms with Gasteiger partial charge in [0.2, 0.25) is 0 Å². The van der Waals surface area contributed by atoms with Crippen molar-refractivity contribution in [1.29, 1.82) is 0 Å². The number of rotatable bonds is 6. The zero-order chi connectivity index (χ0) is 31.6. The molecule has 0 N–H and O–H groups in total. The molecule has 0 amide bonds. The van der Waals surface area contributed by atoms with E-state index in [-0.39, 0.29) is 0 Å². The van der Waals surface area contributed by atoms with E-state index in [0.29, 0.717) is 11.8 Å². The number of hydrogen-bond acceptors (Lipinski definition) is 0. The number of allylic oxidation sites excluding steroid dienone is 2. The third kappa shape index (κ3) is 6.18. The maximum atomic E-state index is 4.93. The van der Waals surface area contributed by atoms with Gasteiger partial charge in [-0.1, -0.05) is 145 Å². The molecule has 46 heavy (non-hydrogen) atoms. The third-order valence-electron chi connectivity index (χ3n) is 9.69. The van der Waals surface area contributed by atoms with E-state index >= 15 is 0 Å². The van der Waals surface area contributed by atoms with Gasteiger partial charge in [0, 0.05) is 21.4 Å². The molecule has 6 aromatic carbocycles. The van der Waals surface area contributed by atoms with Crippen LogP contribution in [0.1, 0.15) is 47.9 Å². The molecule has 224 valence electrons. The first-order chi connectivity index (χ1) is 22.6. The average molecular weight is 729 g/mol. The van der Waals surface area contributed by atoms with Crippen LogP contribution >= 0.6 is 17.0 Å². The van der Waals surface area contributed by atoms with Crippen LogP contribution in [-0.2, 0) is 20.8 Å². The average Bonchev–Trinajstić information content (AvgIpc) is 3.59. The molecule has 0 saturated heterocycles. The Hall–Kier alpha value is -3.00. The molecule has 0 spiro atoms. The Bertz CT molecular complexity index is 1980. The van der Waals surface area contributed by atoms with Crippen molar-refractivity contribution in [3.63, 3.8) is 0 Å². The van der Waals surface area contributed by atoms with E-state index < -0.39 is 20.8 Å². The number of benzene rings is 6. The van der Waals surface area contributed by atoms with Crippen LogP contribution in [0.25, 0.3) is 56.0 Å². The maximum absolute atomic E-state index is 4.93. The van der Waals surface area contributed by atoms with Crippen molar-refractivity contribution in [3.05, 3.63) is 155 Å². The normalized spacial score (nSPS) is 16.3. The van der Waals surface area contributed by atoms with Crippen molar-refractivity contribution in [1.82, 2.24) is 0 Å². The third-order valence-corrected chi connectivity index (χ3v) is 11.1. The summed E-state index contributed by atoms with van der Waals surface area (Å²) in [5.74, 6) is 1.03. The molecular formula is C42H34Cl2SiZr. The molecule has 0 nitrogen and oxygen atoms in total. The van der Waals surface area contributed by atoms with Gasteiger partial charge >= 0.3 is 37.9 Å². The van der Waals surface area contributed by atoms with Gasteiger partial charge in [0.1, 0.15) is 0 Å². The van der Waals surface area contributed by atoms with Crippen LogP contribution in [0.4, 0.5) is 0 Å². The Kier molecular flexibility index (Phi) is 9.62. The summed E-state index contributed by atoms with van der Waals surface area (Å²) < 4.78 is 0. The Morgan fingerprint density at radius 2 is 0.935 bits per heavy atom. The molecule has 2 aliphatic carbocycles. The summed E-state index contributed by atoms with van der Waals surface area (Å²) >= 11 is -0.826. The molecule has 0 heterocycles. The molecule has 0 aromatic heterocycles. The van der Waals surface area contributed by atoms with E-state index in [9.17, 15) is 0 Å². The van der Waals surface area contributed by atoms with E-state index in [4.69, 9.17) is 17.0 Å². The number of fused-ring (bicyclic) bond motifs is 4. The molecule has 2 unspecified atom stereocenters. The van der Waals surface area contributed by atoms with Crippen LogP contribution in [0.3, 0.4) is 0 Å². The predicted octanol–water partition coefficient (Wildman–Crippen LogP) is 12.9. The molecule has 4 heteroatoms. The molecule has 2 radical (unpaired) electrons. The standard InChI is InChI=1S/C42H34Si.2ClH.Zr/c1-27-21-39-35(33-19-17-29-9-3-5-11-31(29)23-33)13-7-15-37(39)41(27)25-43-26-42-28(2)22-40-36(14-8-16-38(40)42)34-20-18-30-10-4-6-12-32(30)24-34;;;/h3-24,41-42H,25-26H2,1-2H3;2*1H;/q;;;+2/p-2. The van der Waals surface area contributed by atoms with Crippen molar-refractivity contribution in [2.24, 2.45) is 0 Å². The van der Waals surface area contributed by atoms with Gasteiger partial charge in [-0.2, -0.15) is 0 Å². The molecule has 0 aliphatic heterocycles. The van der Waals surface area contributed by atoms with Crippen molar-refractivity contribution in [2.75, 3.05) is 0 Å².